The van der Waals surface area contributed by atoms with Crippen molar-refractivity contribution in [3.05, 3.63) is 0 Å². The lowest BCUT2D eigenvalue weighted by Crippen LogP contribution is -2.49. The van der Waals surface area contributed by atoms with E-state index >= 15 is 0 Å². The van der Waals surface area contributed by atoms with Gasteiger partial charge in [0.25, 0.3) is 0 Å². The lowest BCUT2D eigenvalue weighted by Gasteiger charge is -2.22. The molecule has 0 aliphatic carbocycles. The van der Waals surface area contributed by atoms with Crippen LogP contribution in [0.2, 0.25) is 0 Å². The lowest BCUT2D eigenvalue weighted by atomic mass is 10.2. The van der Waals surface area contributed by atoms with Gasteiger partial charge >= 0.3 is 5.97 Å². The Morgan fingerprint density at radius 1 is 1.53 bits per heavy atom. The van der Waals surface area contributed by atoms with Crippen molar-refractivity contribution in [1.82, 2.24) is 10.6 Å². The van der Waals surface area contributed by atoms with E-state index in [0.29, 0.717) is 13.0 Å². The molecule has 3 N–H and O–H groups in total. The summed E-state index contributed by atoms with van der Waals surface area (Å²) in [7, 11) is 0. The SMILES string of the molecule is O=C(O)CCCNC(=O)C1CSCCN1. The van der Waals surface area contributed by atoms with Gasteiger partial charge in [-0.2, -0.15) is 11.8 Å². The monoisotopic (exact) mass is 232 g/mol. The van der Waals surface area contributed by atoms with Crippen LogP contribution < -0.4 is 10.6 Å². The van der Waals surface area contributed by atoms with Crippen LogP contribution in [-0.4, -0.2) is 47.6 Å². The Bertz CT molecular complexity index is 229. The summed E-state index contributed by atoms with van der Waals surface area (Å²) in [5.41, 5.74) is 0. The Hall–Kier alpha value is -0.750. The van der Waals surface area contributed by atoms with E-state index in [0.717, 1.165) is 18.1 Å². The van der Waals surface area contributed by atoms with E-state index in [1.54, 1.807) is 11.8 Å². The number of carbonyl (C=O) groups is 2. The summed E-state index contributed by atoms with van der Waals surface area (Å²) >= 11 is 1.76. The molecule has 0 aromatic heterocycles. The number of nitrogens with one attached hydrogen (secondary N) is 2. The van der Waals surface area contributed by atoms with Crippen molar-refractivity contribution < 1.29 is 14.7 Å². The first kappa shape index (κ1) is 12.3. The Morgan fingerprint density at radius 2 is 2.33 bits per heavy atom. The molecule has 1 heterocycles. The van der Waals surface area contributed by atoms with Crippen LogP contribution in [0.25, 0.3) is 0 Å². The van der Waals surface area contributed by atoms with Crippen LogP contribution in [-0.2, 0) is 9.59 Å². The first-order chi connectivity index (χ1) is 7.20. The van der Waals surface area contributed by atoms with Gasteiger partial charge in [0.15, 0.2) is 0 Å². The normalized spacial score (nSPS) is 20.9. The number of hydrogen-bond donors (Lipinski definition) is 3. The van der Waals surface area contributed by atoms with E-state index in [9.17, 15) is 9.59 Å². The molecule has 1 aliphatic heterocycles. The fraction of sp³-hybridized carbons (Fsp3) is 0.778. The molecule has 86 valence electrons. The number of rotatable bonds is 5. The third kappa shape index (κ3) is 5.03. The first-order valence-corrected chi connectivity index (χ1v) is 6.16. The van der Waals surface area contributed by atoms with E-state index in [2.05, 4.69) is 10.6 Å². The number of hydrogen-bond acceptors (Lipinski definition) is 4. The van der Waals surface area contributed by atoms with Crippen molar-refractivity contribution in [3.8, 4) is 0 Å². The van der Waals surface area contributed by atoms with Gasteiger partial charge in [-0.05, 0) is 6.42 Å². The van der Waals surface area contributed by atoms with Gasteiger partial charge in [0.2, 0.25) is 5.91 Å². The number of aliphatic carboxylic acids is 1. The predicted molar refractivity (Wildman–Crippen MR) is 59.0 cm³/mol. The summed E-state index contributed by atoms with van der Waals surface area (Å²) < 4.78 is 0. The van der Waals surface area contributed by atoms with Crippen molar-refractivity contribution in [2.45, 2.75) is 18.9 Å². The second-order valence-corrected chi connectivity index (χ2v) is 4.52. The highest BCUT2D eigenvalue weighted by Gasteiger charge is 2.19. The third-order valence-electron chi connectivity index (χ3n) is 2.10. The average Bonchev–Trinajstić information content (AvgIpc) is 2.25. The molecule has 1 unspecified atom stereocenters. The Balaban J connectivity index is 2.09. The molecule has 1 rings (SSSR count). The molecule has 0 radical (unpaired) electrons. The molecule has 0 spiro atoms. The van der Waals surface area contributed by atoms with E-state index in [1.807, 2.05) is 0 Å². The summed E-state index contributed by atoms with van der Waals surface area (Å²) in [6, 6.07) is -0.117. The smallest absolute Gasteiger partial charge is 0.303 e. The van der Waals surface area contributed by atoms with Crippen LogP contribution in [0.1, 0.15) is 12.8 Å². The summed E-state index contributed by atoms with van der Waals surface area (Å²) in [4.78, 5) is 21.7. The molecular weight excluding hydrogens is 216 g/mol. The molecule has 1 saturated heterocycles. The Kier molecular flexibility index (Phi) is 5.49. The van der Waals surface area contributed by atoms with E-state index < -0.39 is 5.97 Å². The second kappa shape index (κ2) is 6.68. The third-order valence-corrected chi connectivity index (χ3v) is 3.17. The number of carbonyl (C=O) groups excluding carboxylic acids is 1. The minimum Gasteiger partial charge on any atom is -0.481 e. The molecule has 1 fully saturated rings. The Morgan fingerprint density at radius 3 is 2.93 bits per heavy atom. The molecular formula is C9H16N2O3S. The number of amides is 1. The van der Waals surface area contributed by atoms with Crippen molar-refractivity contribution in [2.75, 3.05) is 24.6 Å². The highest BCUT2D eigenvalue weighted by Crippen LogP contribution is 2.07. The minimum absolute atomic E-state index is 0.0208. The van der Waals surface area contributed by atoms with Crippen LogP contribution in [0.4, 0.5) is 0 Å². The predicted octanol–water partition coefficient (Wildman–Crippen LogP) is -0.328. The molecule has 15 heavy (non-hydrogen) atoms. The summed E-state index contributed by atoms with van der Waals surface area (Å²) in [5.74, 6) is 0.997. The Labute approximate surface area is 93.0 Å². The van der Waals surface area contributed by atoms with Crippen LogP contribution in [0, 0.1) is 0 Å². The molecule has 0 aromatic rings. The minimum atomic E-state index is -0.824. The van der Waals surface area contributed by atoms with Gasteiger partial charge < -0.3 is 15.7 Å². The van der Waals surface area contributed by atoms with Crippen LogP contribution in [0.3, 0.4) is 0 Å². The van der Waals surface area contributed by atoms with Crippen molar-refractivity contribution in [1.29, 1.82) is 0 Å². The van der Waals surface area contributed by atoms with Gasteiger partial charge in [0, 0.05) is 31.0 Å². The number of carboxylic acid groups (broad SMARTS) is 1. The summed E-state index contributed by atoms with van der Waals surface area (Å²) in [6.07, 6.45) is 0.591. The van der Waals surface area contributed by atoms with Crippen LogP contribution >= 0.6 is 11.8 Å². The van der Waals surface area contributed by atoms with E-state index in [1.165, 1.54) is 0 Å². The molecule has 5 nitrogen and oxygen atoms in total. The van der Waals surface area contributed by atoms with Gasteiger partial charge in [-0.15, -0.1) is 0 Å². The maximum Gasteiger partial charge on any atom is 0.303 e. The van der Waals surface area contributed by atoms with E-state index in [-0.39, 0.29) is 18.4 Å². The number of thioether (sulfide) groups is 1. The van der Waals surface area contributed by atoms with Crippen LogP contribution in [0.5, 0.6) is 0 Å². The van der Waals surface area contributed by atoms with Crippen LogP contribution in [0.15, 0.2) is 0 Å². The second-order valence-electron chi connectivity index (χ2n) is 3.37. The summed E-state index contributed by atoms with van der Waals surface area (Å²) in [5, 5.41) is 14.2. The molecule has 1 aliphatic rings. The summed E-state index contributed by atoms with van der Waals surface area (Å²) in [6.45, 7) is 1.30. The lowest BCUT2D eigenvalue weighted by molar-refractivity contribution is -0.137. The van der Waals surface area contributed by atoms with E-state index in [4.69, 9.17) is 5.11 Å². The van der Waals surface area contributed by atoms with Crippen molar-refractivity contribution in [2.24, 2.45) is 0 Å². The first-order valence-electron chi connectivity index (χ1n) is 5.01. The molecule has 0 saturated carbocycles. The zero-order valence-corrected chi connectivity index (χ0v) is 9.31. The van der Waals surface area contributed by atoms with Gasteiger partial charge in [-0.1, -0.05) is 0 Å². The topological polar surface area (TPSA) is 78.4 Å². The zero-order chi connectivity index (χ0) is 11.1. The molecule has 1 atom stereocenters. The van der Waals surface area contributed by atoms with Crippen molar-refractivity contribution in [3.63, 3.8) is 0 Å². The average molecular weight is 232 g/mol. The van der Waals surface area contributed by atoms with Gasteiger partial charge in [-0.25, -0.2) is 0 Å². The molecule has 6 heteroatoms. The van der Waals surface area contributed by atoms with Crippen molar-refractivity contribution >= 4 is 23.6 Å². The fourth-order valence-electron chi connectivity index (χ4n) is 1.31. The van der Waals surface area contributed by atoms with Gasteiger partial charge in [0.1, 0.15) is 0 Å². The number of carboxylic acids is 1. The van der Waals surface area contributed by atoms with Gasteiger partial charge in [-0.3, -0.25) is 9.59 Å². The molecule has 0 bridgehead atoms. The molecule has 1 amide bonds. The fourth-order valence-corrected chi connectivity index (χ4v) is 2.24. The quantitative estimate of drug-likeness (QED) is 0.566. The largest absolute Gasteiger partial charge is 0.481 e. The zero-order valence-electron chi connectivity index (χ0n) is 8.49. The molecule has 0 aromatic carbocycles. The van der Waals surface area contributed by atoms with Gasteiger partial charge in [0.05, 0.1) is 6.04 Å². The highest BCUT2D eigenvalue weighted by molar-refractivity contribution is 7.99. The maximum absolute atomic E-state index is 11.5. The maximum atomic E-state index is 11.5. The standard InChI is InChI=1S/C9H16N2O3S/c12-8(13)2-1-3-11-9(14)7-6-15-5-4-10-7/h7,10H,1-6H2,(H,11,14)(H,12,13). The highest BCUT2D eigenvalue weighted by atomic mass is 32.2.